The Balaban J connectivity index is 2.15. The Bertz CT molecular complexity index is 758. The molecule has 0 fully saturated rings. The van der Waals surface area contributed by atoms with Crippen molar-refractivity contribution in [2.24, 2.45) is 0 Å². The molecule has 0 saturated carbocycles. The average molecular weight is 345 g/mol. The molecule has 0 radical (unpaired) electrons. The summed E-state index contributed by atoms with van der Waals surface area (Å²) in [5.41, 5.74) is 2.47. The zero-order valence-electron chi connectivity index (χ0n) is 15.1. The molecule has 6 nitrogen and oxygen atoms in total. The minimum Gasteiger partial charge on any atom is -0.493 e. The van der Waals surface area contributed by atoms with E-state index in [9.17, 15) is 4.79 Å². The fourth-order valence-corrected chi connectivity index (χ4v) is 2.51. The van der Waals surface area contributed by atoms with Crippen LogP contribution in [0.4, 0.5) is 5.69 Å². The van der Waals surface area contributed by atoms with Crippen LogP contribution in [-0.4, -0.2) is 34.3 Å². The quantitative estimate of drug-likeness (QED) is 0.835. The number of hydrogen-bond acceptors (Lipinski definition) is 5. The number of methoxy groups -OCH3 is 4. The summed E-state index contributed by atoms with van der Waals surface area (Å²) in [7, 11) is 6.27. The maximum Gasteiger partial charge on any atom is 0.228 e. The van der Waals surface area contributed by atoms with Gasteiger partial charge in [-0.3, -0.25) is 4.79 Å². The second-order valence-corrected chi connectivity index (χ2v) is 5.43. The third kappa shape index (κ3) is 4.35. The molecule has 0 aliphatic heterocycles. The molecule has 0 heterocycles. The highest BCUT2D eigenvalue weighted by molar-refractivity contribution is 5.92. The normalized spacial score (nSPS) is 10.1. The first-order valence-corrected chi connectivity index (χ1v) is 7.75. The molecule has 2 aromatic rings. The monoisotopic (exact) mass is 345 g/mol. The summed E-state index contributed by atoms with van der Waals surface area (Å²) < 4.78 is 21.0. The predicted octanol–water partition coefficient (Wildman–Crippen LogP) is 3.21. The van der Waals surface area contributed by atoms with E-state index in [1.165, 1.54) is 0 Å². The average Bonchev–Trinajstić information content (AvgIpc) is 2.62. The topological polar surface area (TPSA) is 66.0 Å². The van der Waals surface area contributed by atoms with Crippen molar-refractivity contribution in [3.05, 3.63) is 41.5 Å². The number of ether oxygens (including phenoxy) is 4. The van der Waals surface area contributed by atoms with Crippen molar-refractivity contribution >= 4 is 11.6 Å². The van der Waals surface area contributed by atoms with Gasteiger partial charge in [-0.25, -0.2) is 0 Å². The molecular formula is C19H23NO5. The first kappa shape index (κ1) is 18.4. The molecule has 134 valence electrons. The van der Waals surface area contributed by atoms with Gasteiger partial charge in [-0.1, -0.05) is 0 Å². The zero-order chi connectivity index (χ0) is 18.4. The largest absolute Gasteiger partial charge is 0.493 e. The Morgan fingerprint density at radius 1 is 0.840 bits per heavy atom. The van der Waals surface area contributed by atoms with Crippen LogP contribution in [0, 0.1) is 6.92 Å². The summed E-state index contributed by atoms with van der Waals surface area (Å²) >= 11 is 0. The number of hydrogen-bond donors (Lipinski definition) is 1. The molecule has 6 heteroatoms. The first-order chi connectivity index (χ1) is 12.0. The lowest BCUT2D eigenvalue weighted by Gasteiger charge is -2.13. The van der Waals surface area contributed by atoms with E-state index in [1.807, 2.05) is 19.1 Å². The van der Waals surface area contributed by atoms with Crippen molar-refractivity contribution in [2.75, 3.05) is 33.8 Å². The molecule has 1 amide bonds. The van der Waals surface area contributed by atoms with Gasteiger partial charge >= 0.3 is 0 Å². The first-order valence-electron chi connectivity index (χ1n) is 7.75. The van der Waals surface area contributed by atoms with Gasteiger partial charge in [-0.05, 0) is 42.3 Å². The van der Waals surface area contributed by atoms with Gasteiger partial charge in [0.25, 0.3) is 0 Å². The molecule has 0 aromatic heterocycles. The number of rotatable bonds is 7. The Morgan fingerprint density at radius 2 is 1.40 bits per heavy atom. The minimum absolute atomic E-state index is 0.137. The van der Waals surface area contributed by atoms with Crippen molar-refractivity contribution < 1.29 is 23.7 Å². The highest BCUT2D eigenvalue weighted by atomic mass is 16.5. The fraction of sp³-hybridized carbons (Fsp3) is 0.316. The molecule has 25 heavy (non-hydrogen) atoms. The van der Waals surface area contributed by atoms with E-state index in [0.29, 0.717) is 28.7 Å². The van der Waals surface area contributed by atoms with Crippen LogP contribution in [0.3, 0.4) is 0 Å². The zero-order valence-corrected chi connectivity index (χ0v) is 15.1. The van der Waals surface area contributed by atoms with Gasteiger partial charge in [0, 0.05) is 11.8 Å². The standard InChI is InChI=1S/C19H23NO5/c1-12-8-16(23-3)17(24-4)9-13(12)10-19(21)20-14-6-7-15(22-2)18(11-14)25-5/h6-9,11H,10H2,1-5H3,(H,20,21). The van der Waals surface area contributed by atoms with Crippen LogP contribution < -0.4 is 24.3 Å². The van der Waals surface area contributed by atoms with Crippen LogP contribution in [-0.2, 0) is 11.2 Å². The Kier molecular flexibility index (Phi) is 6.11. The highest BCUT2D eigenvalue weighted by Crippen LogP contribution is 2.31. The van der Waals surface area contributed by atoms with Crippen molar-refractivity contribution in [1.29, 1.82) is 0 Å². The predicted molar refractivity (Wildman–Crippen MR) is 96.2 cm³/mol. The molecule has 2 rings (SSSR count). The number of nitrogens with one attached hydrogen (secondary N) is 1. The summed E-state index contributed by atoms with van der Waals surface area (Å²) in [5, 5.41) is 2.86. The fourth-order valence-electron chi connectivity index (χ4n) is 2.51. The molecule has 0 bridgehead atoms. The van der Waals surface area contributed by atoms with Gasteiger partial charge in [0.1, 0.15) is 0 Å². The molecule has 0 aliphatic rings. The second kappa shape index (κ2) is 8.28. The van der Waals surface area contributed by atoms with E-state index in [-0.39, 0.29) is 12.3 Å². The lowest BCUT2D eigenvalue weighted by atomic mass is 10.0. The van der Waals surface area contributed by atoms with Gasteiger partial charge < -0.3 is 24.3 Å². The second-order valence-electron chi connectivity index (χ2n) is 5.43. The summed E-state index contributed by atoms with van der Waals surface area (Å²) in [6.07, 6.45) is 0.223. The van der Waals surface area contributed by atoms with Gasteiger partial charge in [0.2, 0.25) is 5.91 Å². The number of benzene rings is 2. The Hall–Kier alpha value is -2.89. The van der Waals surface area contributed by atoms with Crippen LogP contribution in [0.1, 0.15) is 11.1 Å². The van der Waals surface area contributed by atoms with Crippen molar-refractivity contribution in [3.63, 3.8) is 0 Å². The third-order valence-electron chi connectivity index (χ3n) is 3.86. The van der Waals surface area contributed by atoms with E-state index < -0.39 is 0 Å². The van der Waals surface area contributed by atoms with Crippen LogP contribution in [0.25, 0.3) is 0 Å². The Labute approximate surface area is 147 Å². The SMILES string of the molecule is COc1ccc(NC(=O)Cc2cc(OC)c(OC)cc2C)cc1OC. The highest BCUT2D eigenvalue weighted by Gasteiger charge is 2.13. The molecule has 1 N–H and O–H groups in total. The van der Waals surface area contributed by atoms with Crippen molar-refractivity contribution in [1.82, 2.24) is 0 Å². The molecule has 0 atom stereocenters. The molecule has 0 saturated heterocycles. The summed E-state index contributed by atoms with van der Waals surface area (Å²) in [4.78, 5) is 12.4. The van der Waals surface area contributed by atoms with Crippen LogP contribution >= 0.6 is 0 Å². The van der Waals surface area contributed by atoms with E-state index in [0.717, 1.165) is 11.1 Å². The van der Waals surface area contributed by atoms with Crippen LogP contribution in [0.2, 0.25) is 0 Å². The summed E-state index contributed by atoms with van der Waals surface area (Å²) in [6, 6.07) is 8.91. The van der Waals surface area contributed by atoms with Gasteiger partial charge in [0.15, 0.2) is 23.0 Å². The van der Waals surface area contributed by atoms with E-state index >= 15 is 0 Å². The van der Waals surface area contributed by atoms with E-state index in [1.54, 1.807) is 46.6 Å². The number of carbonyl (C=O) groups is 1. The summed E-state index contributed by atoms with van der Waals surface area (Å²) in [5.74, 6) is 2.27. The number of anilines is 1. The van der Waals surface area contributed by atoms with Gasteiger partial charge in [-0.2, -0.15) is 0 Å². The lowest BCUT2D eigenvalue weighted by Crippen LogP contribution is -2.15. The molecule has 2 aromatic carbocycles. The summed E-state index contributed by atoms with van der Waals surface area (Å²) in [6.45, 7) is 1.93. The maximum atomic E-state index is 12.4. The molecule has 0 aliphatic carbocycles. The molecular weight excluding hydrogens is 322 g/mol. The smallest absolute Gasteiger partial charge is 0.228 e. The molecule has 0 unspecified atom stereocenters. The van der Waals surface area contributed by atoms with E-state index in [2.05, 4.69) is 5.32 Å². The number of amides is 1. The van der Waals surface area contributed by atoms with Crippen LogP contribution in [0.15, 0.2) is 30.3 Å². The third-order valence-corrected chi connectivity index (χ3v) is 3.86. The minimum atomic E-state index is -0.137. The van der Waals surface area contributed by atoms with Gasteiger partial charge in [0.05, 0.1) is 34.9 Å². The Morgan fingerprint density at radius 3 is 2.00 bits per heavy atom. The number of carbonyl (C=O) groups excluding carboxylic acids is 1. The van der Waals surface area contributed by atoms with Gasteiger partial charge in [-0.15, -0.1) is 0 Å². The van der Waals surface area contributed by atoms with Crippen molar-refractivity contribution in [2.45, 2.75) is 13.3 Å². The lowest BCUT2D eigenvalue weighted by molar-refractivity contribution is -0.115. The molecule has 0 spiro atoms. The number of aryl methyl sites for hydroxylation is 1. The van der Waals surface area contributed by atoms with Crippen LogP contribution in [0.5, 0.6) is 23.0 Å². The van der Waals surface area contributed by atoms with E-state index in [4.69, 9.17) is 18.9 Å². The van der Waals surface area contributed by atoms with Crippen molar-refractivity contribution in [3.8, 4) is 23.0 Å². The maximum absolute atomic E-state index is 12.4.